The molecule has 1 aromatic heterocycles. The second-order valence-corrected chi connectivity index (χ2v) is 6.46. The summed E-state index contributed by atoms with van der Waals surface area (Å²) in [6, 6.07) is 4.24. The van der Waals surface area contributed by atoms with Crippen LogP contribution in [0.2, 0.25) is 0 Å². The Morgan fingerprint density at radius 2 is 2.30 bits per heavy atom. The molecule has 1 aromatic carbocycles. The highest BCUT2D eigenvalue weighted by Gasteiger charge is 2.18. The van der Waals surface area contributed by atoms with Crippen LogP contribution in [0.3, 0.4) is 0 Å². The zero-order valence-electron chi connectivity index (χ0n) is 11.1. The maximum absolute atomic E-state index is 5.73. The molecule has 7 heteroatoms. The summed E-state index contributed by atoms with van der Waals surface area (Å²) in [6.45, 7) is 1.17. The maximum Gasteiger partial charge on any atom is 0.191 e. The number of benzene rings is 1. The Bertz CT molecular complexity index is 644. The lowest BCUT2D eigenvalue weighted by Gasteiger charge is -2.08. The molecule has 0 saturated heterocycles. The normalized spacial score (nSPS) is 13.3. The Kier molecular flexibility index (Phi) is 4.00. The van der Waals surface area contributed by atoms with Gasteiger partial charge < -0.3 is 15.0 Å². The molecule has 2 aromatic rings. The molecule has 0 fully saturated rings. The predicted octanol–water partition coefficient (Wildman–Crippen LogP) is 2.26. The summed E-state index contributed by atoms with van der Waals surface area (Å²) in [5.41, 5.74) is 8.07. The molecule has 1 aliphatic heterocycles. The zero-order valence-corrected chi connectivity index (χ0v) is 13.5. The summed E-state index contributed by atoms with van der Waals surface area (Å²) in [6.07, 6.45) is 0.980. The first-order valence-corrected chi connectivity index (χ1v) is 8.12. The van der Waals surface area contributed by atoms with Gasteiger partial charge in [-0.3, -0.25) is 0 Å². The molecule has 0 spiro atoms. The van der Waals surface area contributed by atoms with Crippen LogP contribution in [0.1, 0.15) is 17.0 Å². The summed E-state index contributed by atoms with van der Waals surface area (Å²) in [5, 5.41) is 9.10. The lowest BCUT2D eigenvalue weighted by atomic mass is 10.1. The Morgan fingerprint density at radius 1 is 1.45 bits per heavy atom. The topological polar surface area (TPSA) is 66.0 Å². The largest absolute Gasteiger partial charge is 0.493 e. The van der Waals surface area contributed by atoms with E-state index in [1.165, 1.54) is 11.1 Å². The Balaban J connectivity index is 1.80. The van der Waals surface area contributed by atoms with Gasteiger partial charge in [0.1, 0.15) is 11.6 Å². The zero-order chi connectivity index (χ0) is 14.1. The minimum absolute atomic E-state index is 0.402. The summed E-state index contributed by atoms with van der Waals surface area (Å²) < 4.78 is 8.76. The van der Waals surface area contributed by atoms with E-state index >= 15 is 0 Å². The average Bonchev–Trinajstić information content (AvgIpc) is 3.02. The van der Waals surface area contributed by atoms with E-state index in [0.29, 0.717) is 6.54 Å². The van der Waals surface area contributed by atoms with Gasteiger partial charge in [-0.2, -0.15) is 0 Å². The maximum atomic E-state index is 5.73. The first-order valence-electron chi connectivity index (χ1n) is 6.34. The molecule has 20 heavy (non-hydrogen) atoms. The Hall–Kier alpha value is -1.05. The van der Waals surface area contributed by atoms with Crippen molar-refractivity contribution < 1.29 is 4.74 Å². The van der Waals surface area contributed by atoms with Crippen LogP contribution in [0.25, 0.3) is 0 Å². The van der Waals surface area contributed by atoms with Crippen LogP contribution in [-0.4, -0.2) is 21.4 Å². The Morgan fingerprint density at radius 3 is 3.05 bits per heavy atom. The van der Waals surface area contributed by atoms with Crippen molar-refractivity contribution in [2.75, 3.05) is 6.61 Å². The molecule has 5 nitrogen and oxygen atoms in total. The third kappa shape index (κ3) is 2.57. The number of nitrogens with zero attached hydrogens (tertiary/aromatic N) is 3. The van der Waals surface area contributed by atoms with E-state index in [1.54, 1.807) is 11.8 Å². The number of aromatic nitrogens is 3. The van der Waals surface area contributed by atoms with Crippen molar-refractivity contribution in [2.45, 2.75) is 23.9 Å². The fourth-order valence-corrected chi connectivity index (χ4v) is 3.69. The van der Waals surface area contributed by atoms with Crippen LogP contribution in [0.15, 0.2) is 21.8 Å². The first-order chi connectivity index (χ1) is 9.69. The van der Waals surface area contributed by atoms with Crippen molar-refractivity contribution >= 4 is 27.7 Å². The van der Waals surface area contributed by atoms with Crippen LogP contribution in [0, 0.1) is 0 Å². The van der Waals surface area contributed by atoms with Crippen molar-refractivity contribution in [3.05, 3.63) is 33.6 Å². The van der Waals surface area contributed by atoms with Crippen molar-refractivity contribution in [3.8, 4) is 5.75 Å². The molecule has 0 saturated carbocycles. The van der Waals surface area contributed by atoms with E-state index in [-0.39, 0.29) is 0 Å². The standard InChI is InChI=1S/C13H15BrN4OS/c1-18-11(6-15)16-17-13(18)20-7-9-5-10(14)4-8-2-3-19-12(8)9/h4-5H,2-3,6-7,15H2,1H3. The number of fused-ring (bicyclic) bond motifs is 1. The SMILES string of the molecule is Cn1c(CN)nnc1SCc1cc(Br)cc2c1OCC2. The quantitative estimate of drug-likeness (QED) is 0.853. The van der Waals surface area contributed by atoms with Crippen molar-refractivity contribution in [3.63, 3.8) is 0 Å². The van der Waals surface area contributed by atoms with Crippen molar-refractivity contribution in [1.82, 2.24) is 14.8 Å². The lowest BCUT2D eigenvalue weighted by Crippen LogP contribution is -2.05. The molecule has 3 rings (SSSR count). The molecule has 106 valence electrons. The van der Waals surface area contributed by atoms with Crippen LogP contribution in [-0.2, 0) is 25.8 Å². The lowest BCUT2D eigenvalue weighted by molar-refractivity contribution is 0.354. The number of rotatable bonds is 4. The summed E-state index contributed by atoms with van der Waals surface area (Å²) in [4.78, 5) is 0. The van der Waals surface area contributed by atoms with E-state index in [0.717, 1.165) is 40.0 Å². The molecule has 2 heterocycles. The van der Waals surface area contributed by atoms with Gasteiger partial charge in [0.2, 0.25) is 0 Å². The molecular formula is C13H15BrN4OS. The van der Waals surface area contributed by atoms with Gasteiger partial charge in [0.15, 0.2) is 5.16 Å². The monoisotopic (exact) mass is 354 g/mol. The minimum atomic E-state index is 0.402. The summed E-state index contributed by atoms with van der Waals surface area (Å²) in [5.74, 6) is 2.63. The Labute approximate surface area is 130 Å². The van der Waals surface area contributed by atoms with Crippen LogP contribution in [0.4, 0.5) is 0 Å². The number of hydrogen-bond donors (Lipinski definition) is 1. The number of hydrogen-bond acceptors (Lipinski definition) is 5. The number of nitrogens with two attached hydrogens (primary N) is 1. The van der Waals surface area contributed by atoms with E-state index in [9.17, 15) is 0 Å². The van der Waals surface area contributed by atoms with E-state index in [2.05, 4.69) is 38.3 Å². The van der Waals surface area contributed by atoms with Gasteiger partial charge in [0, 0.05) is 29.3 Å². The van der Waals surface area contributed by atoms with Crippen molar-refractivity contribution in [1.29, 1.82) is 0 Å². The highest BCUT2D eigenvalue weighted by atomic mass is 79.9. The number of thioether (sulfide) groups is 1. The van der Waals surface area contributed by atoms with Gasteiger partial charge in [0.25, 0.3) is 0 Å². The summed E-state index contributed by atoms with van der Waals surface area (Å²) >= 11 is 5.20. The van der Waals surface area contributed by atoms with Gasteiger partial charge in [0.05, 0.1) is 13.2 Å². The first kappa shape index (κ1) is 13.9. The number of ether oxygens (including phenoxy) is 1. The second-order valence-electron chi connectivity index (χ2n) is 4.60. The molecule has 1 aliphatic rings. The van der Waals surface area contributed by atoms with Crippen LogP contribution in [0.5, 0.6) is 5.75 Å². The molecule has 0 radical (unpaired) electrons. The molecule has 0 atom stereocenters. The fraction of sp³-hybridized carbons (Fsp3) is 0.385. The molecule has 2 N–H and O–H groups in total. The molecule has 0 amide bonds. The third-order valence-corrected chi connectivity index (χ3v) is 4.82. The molecule has 0 unspecified atom stereocenters. The molecular weight excluding hydrogens is 340 g/mol. The van der Waals surface area contributed by atoms with E-state index in [1.807, 2.05) is 11.6 Å². The molecule has 0 bridgehead atoms. The smallest absolute Gasteiger partial charge is 0.191 e. The fourth-order valence-electron chi connectivity index (χ4n) is 2.24. The van der Waals surface area contributed by atoms with Gasteiger partial charge in [-0.1, -0.05) is 27.7 Å². The third-order valence-electron chi connectivity index (χ3n) is 3.29. The minimum Gasteiger partial charge on any atom is -0.493 e. The van der Waals surface area contributed by atoms with Gasteiger partial charge in [-0.25, -0.2) is 0 Å². The van der Waals surface area contributed by atoms with E-state index < -0.39 is 0 Å². The highest BCUT2D eigenvalue weighted by molar-refractivity contribution is 9.10. The number of halogens is 1. The molecule has 0 aliphatic carbocycles. The summed E-state index contributed by atoms with van der Waals surface area (Å²) in [7, 11) is 1.94. The van der Waals surface area contributed by atoms with Crippen molar-refractivity contribution in [2.24, 2.45) is 12.8 Å². The average molecular weight is 355 g/mol. The van der Waals surface area contributed by atoms with Gasteiger partial charge in [-0.15, -0.1) is 10.2 Å². The predicted molar refractivity (Wildman–Crippen MR) is 81.8 cm³/mol. The second kappa shape index (κ2) is 5.75. The van der Waals surface area contributed by atoms with Crippen LogP contribution >= 0.6 is 27.7 Å². The van der Waals surface area contributed by atoms with Gasteiger partial charge in [-0.05, 0) is 17.7 Å². The van der Waals surface area contributed by atoms with E-state index in [4.69, 9.17) is 10.5 Å². The van der Waals surface area contributed by atoms with Crippen LogP contribution < -0.4 is 10.5 Å². The van der Waals surface area contributed by atoms with Gasteiger partial charge >= 0.3 is 0 Å². The highest BCUT2D eigenvalue weighted by Crippen LogP contribution is 2.36.